The van der Waals surface area contributed by atoms with E-state index in [-0.39, 0.29) is 36.2 Å². The molecule has 0 unspecified atom stereocenters. The van der Waals surface area contributed by atoms with Crippen molar-refractivity contribution in [1.82, 2.24) is 0 Å². The van der Waals surface area contributed by atoms with Crippen LogP contribution in [0.25, 0.3) is 0 Å². The fourth-order valence-electron chi connectivity index (χ4n) is 0.135. The molecule has 0 saturated heterocycles. The zero-order valence-electron chi connectivity index (χ0n) is 5.44. The van der Waals surface area contributed by atoms with E-state index in [4.69, 9.17) is 0 Å². The molecule has 5 nitrogen and oxygen atoms in total. The summed E-state index contributed by atoms with van der Waals surface area (Å²) in [4.78, 5) is 3.83. The van der Waals surface area contributed by atoms with Gasteiger partial charge < -0.3 is 4.55 Å². The summed E-state index contributed by atoms with van der Waals surface area (Å²) >= 11 is 0. The molecule has 54 valence electrons. The second-order valence-electron chi connectivity index (χ2n) is 1.05. The van der Waals surface area contributed by atoms with Gasteiger partial charge in [0.2, 0.25) is 10.4 Å². The molecule has 0 spiro atoms. The first-order valence-corrected chi connectivity index (χ1v) is 3.27. The van der Waals surface area contributed by atoms with Crippen LogP contribution in [0.15, 0.2) is 12.7 Å². The molecule has 0 N–H and O–H groups in total. The van der Waals surface area contributed by atoms with Crippen molar-refractivity contribution in [2.24, 2.45) is 0 Å². The van der Waals surface area contributed by atoms with Crippen LogP contribution in [0.5, 0.6) is 0 Å². The minimum absolute atomic E-state index is 0. The van der Waals surface area contributed by atoms with Crippen molar-refractivity contribution < 1.29 is 51.7 Å². The summed E-state index contributed by atoms with van der Waals surface area (Å²) in [5.74, 6) is 0. The van der Waals surface area contributed by atoms with Crippen molar-refractivity contribution in [3.63, 3.8) is 0 Å². The first kappa shape index (κ1) is 13.2. The molecule has 0 aliphatic rings. The summed E-state index contributed by atoms with van der Waals surface area (Å²) in [6.07, 6.45) is 1.24. The van der Waals surface area contributed by atoms with Crippen molar-refractivity contribution in [2.45, 2.75) is 0 Å². The second kappa shape index (κ2) is 6.29. The van der Waals surface area contributed by atoms with Crippen LogP contribution in [-0.4, -0.2) is 19.6 Å². The summed E-state index contributed by atoms with van der Waals surface area (Å²) in [6.45, 7) is 3.04. The minimum Gasteiger partial charge on any atom is -0.724 e. The molecule has 0 rings (SSSR count). The molecule has 0 radical (unpaired) electrons. The zero-order valence-corrected chi connectivity index (χ0v) is 8.26. The molecular formula is C3H5NaO5S. The maximum absolute atomic E-state index is 9.57. The summed E-state index contributed by atoms with van der Waals surface area (Å²) in [7, 11) is -4.72. The molecule has 0 amide bonds. The third-order valence-corrected chi connectivity index (χ3v) is 0.580. The Balaban J connectivity index is 0. The van der Waals surface area contributed by atoms with Gasteiger partial charge in [-0.25, -0.2) is 13.3 Å². The molecule has 10 heavy (non-hydrogen) atoms. The summed E-state index contributed by atoms with van der Waals surface area (Å²) in [5.41, 5.74) is 0. The van der Waals surface area contributed by atoms with Gasteiger partial charge in [-0.05, 0) is 0 Å². The molecule has 0 fully saturated rings. The van der Waals surface area contributed by atoms with Gasteiger partial charge in [-0.1, -0.05) is 6.08 Å². The standard InChI is InChI=1S/C3H6O5S.Na/c1-2-3-7-8-9(4,5)6;/h2H,1,3H2,(H,4,5,6);/q;+1/p-1. The molecule has 0 aromatic rings. The Kier molecular flexibility index (Phi) is 8.29. The number of hydrogen-bond acceptors (Lipinski definition) is 5. The Bertz CT molecular complexity index is 173. The predicted molar refractivity (Wildman–Crippen MR) is 26.9 cm³/mol. The maximum Gasteiger partial charge on any atom is 1.00 e. The van der Waals surface area contributed by atoms with E-state index in [1.807, 2.05) is 0 Å². The molecule has 0 atom stereocenters. The van der Waals surface area contributed by atoms with Gasteiger partial charge in [-0.3, -0.25) is 0 Å². The molecule has 7 heteroatoms. The summed E-state index contributed by atoms with van der Waals surface area (Å²) < 4.78 is 32.0. The van der Waals surface area contributed by atoms with E-state index < -0.39 is 10.4 Å². The molecule has 0 aromatic carbocycles. The van der Waals surface area contributed by atoms with Gasteiger partial charge in [0.15, 0.2) is 0 Å². The van der Waals surface area contributed by atoms with Gasteiger partial charge in [0.1, 0.15) is 6.61 Å². The van der Waals surface area contributed by atoms with Crippen molar-refractivity contribution >= 4 is 10.4 Å². The Hall–Kier alpha value is 0.570. The average Bonchev–Trinajstić information content (AvgIpc) is 1.63. The number of hydrogen-bond donors (Lipinski definition) is 0. The van der Waals surface area contributed by atoms with Crippen LogP contribution < -0.4 is 29.6 Å². The fraction of sp³-hybridized carbons (Fsp3) is 0.333. The van der Waals surface area contributed by atoms with Gasteiger partial charge >= 0.3 is 29.6 Å². The van der Waals surface area contributed by atoms with Crippen molar-refractivity contribution in [3.05, 3.63) is 12.7 Å². The van der Waals surface area contributed by atoms with Crippen molar-refractivity contribution in [2.75, 3.05) is 6.61 Å². The monoisotopic (exact) mass is 176 g/mol. The Morgan fingerprint density at radius 3 is 2.40 bits per heavy atom. The Morgan fingerprint density at radius 1 is 1.60 bits per heavy atom. The molecular weight excluding hydrogens is 171 g/mol. The fourth-order valence-corrected chi connectivity index (χ4v) is 0.308. The second-order valence-corrected chi connectivity index (χ2v) is 2.00. The van der Waals surface area contributed by atoms with Gasteiger partial charge in [-0.2, -0.15) is 0 Å². The van der Waals surface area contributed by atoms with Gasteiger partial charge in [0.05, 0.1) is 0 Å². The van der Waals surface area contributed by atoms with E-state index in [1.165, 1.54) is 6.08 Å². The summed E-state index contributed by atoms with van der Waals surface area (Å²) in [5, 5.41) is 0. The zero-order chi connectivity index (χ0) is 7.33. The largest absolute Gasteiger partial charge is 1.00 e. The topological polar surface area (TPSA) is 75.7 Å². The van der Waals surface area contributed by atoms with Gasteiger partial charge in [0, 0.05) is 0 Å². The Labute approximate surface area is 81.2 Å². The third kappa shape index (κ3) is 11.4. The molecule has 0 aliphatic carbocycles. The first-order valence-electron chi connectivity index (χ1n) is 1.94. The third-order valence-electron chi connectivity index (χ3n) is 0.317. The van der Waals surface area contributed by atoms with Crippen molar-refractivity contribution in [3.8, 4) is 0 Å². The van der Waals surface area contributed by atoms with Crippen LogP contribution in [0.3, 0.4) is 0 Å². The van der Waals surface area contributed by atoms with Gasteiger partial charge in [-0.15, -0.1) is 10.9 Å². The minimum atomic E-state index is -4.72. The number of rotatable bonds is 4. The van der Waals surface area contributed by atoms with E-state index in [9.17, 15) is 13.0 Å². The van der Waals surface area contributed by atoms with Crippen LogP contribution in [0.2, 0.25) is 0 Å². The molecule has 0 aliphatic heterocycles. The van der Waals surface area contributed by atoms with Crippen LogP contribution in [0, 0.1) is 0 Å². The van der Waals surface area contributed by atoms with E-state index in [0.717, 1.165) is 0 Å². The molecule has 0 saturated carbocycles. The van der Waals surface area contributed by atoms with Crippen molar-refractivity contribution in [1.29, 1.82) is 0 Å². The van der Waals surface area contributed by atoms with Crippen LogP contribution in [0.1, 0.15) is 0 Å². The van der Waals surface area contributed by atoms with E-state index >= 15 is 0 Å². The van der Waals surface area contributed by atoms with Crippen LogP contribution in [-0.2, 0) is 19.6 Å². The van der Waals surface area contributed by atoms with Crippen LogP contribution in [0.4, 0.5) is 0 Å². The van der Waals surface area contributed by atoms with Crippen LogP contribution >= 0.6 is 0 Å². The van der Waals surface area contributed by atoms with Gasteiger partial charge in [0.25, 0.3) is 0 Å². The normalized spacial score (nSPS) is 10.1. The first-order chi connectivity index (χ1) is 4.06. The van der Waals surface area contributed by atoms with E-state index in [1.54, 1.807) is 0 Å². The summed E-state index contributed by atoms with van der Waals surface area (Å²) in [6, 6.07) is 0. The predicted octanol–water partition coefficient (Wildman–Crippen LogP) is -3.42. The SMILES string of the molecule is C=CCOOS(=O)(=O)[O-].[Na+]. The Morgan fingerprint density at radius 2 is 2.10 bits per heavy atom. The van der Waals surface area contributed by atoms with E-state index in [0.29, 0.717) is 0 Å². The molecule has 0 bridgehead atoms. The smallest absolute Gasteiger partial charge is 0.724 e. The average molecular weight is 176 g/mol. The quantitative estimate of drug-likeness (QED) is 0.0848. The maximum atomic E-state index is 9.57. The molecule has 0 heterocycles. The van der Waals surface area contributed by atoms with E-state index in [2.05, 4.69) is 15.8 Å². The molecule has 0 aromatic heterocycles.